The average molecular weight is 263 g/mol. The fraction of sp³-hybridized carbons (Fsp3) is 0.385. The second kappa shape index (κ2) is 5.60. The number of anilines is 2. The van der Waals surface area contributed by atoms with Crippen molar-refractivity contribution >= 4 is 23.2 Å². The van der Waals surface area contributed by atoms with E-state index in [1.807, 2.05) is 6.92 Å². The van der Waals surface area contributed by atoms with Crippen molar-refractivity contribution in [1.29, 1.82) is 0 Å². The van der Waals surface area contributed by atoms with Crippen LogP contribution in [0.25, 0.3) is 0 Å². The van der Waals surface area contributed by atoms with Crippen molar-refractivity contribution in [3.63, 3.8) is 0 Å². The molecule has 2 rings (SSSR count). The summed E-state index contributed by atoms with van der Waals surface area (Å²) in [6.45, 7) is 2.50. The molecule has 3 N–H and O–H groups in total. The zero-order chi connectivity index (χ0) is 13.8. The Morgan fingerprint density at radius 1 is 1.53 bits per heavy atom. The van der Waals surface area contributed by atoms with Crippen LogP contribution in [0.1, 0.15) is 13.3 Å². The summed E-state index contributed by atoms with van der Waals surface area (Å²) in [5.41, 5.74) is 6.81. The molecule has 1 aromatic carbocycles. The van der Waals surface area contributed by atoms with Crippen LogP contribution in [0.15, 0.2) is 18.2 Å². The first-order valence-electron chi connectivity index (χ1n) is 6.21. The maximum atomic E-state index is 11.8. The molecule has 19 heavy (non-hydrogen) atoms. The first-order valence-corrected chi connectivity index (χ1v) is 6.21. The highest BCUT2D eigenvalue weighted by atomic mass is 16.5. The zero-order valence-electron chi connectivity index (χ0n) is 10.8. The van der Waals surface area contributed by atoms with Crippen molar-refractivity contribution in [2.24, 2.45) is 0 Å². The number of amides is 2. The van der Waals surface area contributed by atoms with E-state index in [2.05, 4.69) is 5.32 Å². The molecular weight excluding hydrogens is 246 g/mol. The number of nitrogens with two attached hydrogens (primary N) is 1. The molecule has 102 valence electrons. The van der Waals surface area contributed by atoms with E-state index in [-0.39, 0.29) is 25.0 Å². The maximum absolute atomic E-state index is 11.8. The molecule has 0 fully saturated rings. The molecule has 0 spiro atoms. The van der Waals surface area contributed by atoms with Crippen LogP contribution >= 0.6 is 0 Å². The second-order valence-electron chi connectivity index (χ2n) is 4.35. The fourth-order valence-electron chi connectivity index (χ4n) is 1.86. The maximum Gasteiger partial charge on any atom is 0.265 e. The van der Waals surface area contributed by atoms with Crippen LogP contribution < -0.4 is 20.7 Å². The third-order valence-electron chi connectivity index (χ3n) is 2.80. The molecule has 0 radical (unpaired) electrons. The quantitative estimate of drug-likeness (QED) is 0.776. The van der Waals surface area contributed by atoms with Gasteiger partial charge in [-0.2, -0.15) is 0 Å². The van der Waals surface area contributed by atoms with Crippen LogP contribution in [0, 0.1) is 0 Å². The predicted octanol–water partition coefficient (Wildman–Crippen LogP) is 0.520. The van der Waals surface area contributed by atoms with Gasteiger partial charge >= 0.3 is 0 Å². The van der Waals surface area contributed by atoms with Gasteiger partial charge in [0.05, 0.1) is 5.69 Å². The van der Waals surface area contributed by atoms with Crippen LogP contribution in [-0.2, 0) is 9.59 Å². The van der Waals surface area contributed by atoms with Crippen LogP contribution in [-0.4, -0.2) is 31.5 Å². The minimum atomic E-state index is -0.232. The zero-order valence-corrected chi connectivity index (χ0v) is 10.8. The third-order valence-corrected chi connectivity index (χ3v) is 2.80. The summed E-state index contributed by atoms with van der Waals surface area (Å²) >= 11 is 0. The number of nitrogen functional groups attached to an aromatic ring is 1. The van der Waals surface area contributed by atoms with Gasteiger partial charge in [-0.3, -0.25) is 14.5 Å². The molecule has 2 amide bonds. The van der Waals surface area contributed by atoms with Crippen LogP contribution in [0.4, 0.5) is 11.4 Å². The lowest BCUT2D eigenvalue weighted by Crippen LogP contribution is -2.45. The largest absolute Gasteiger partial charge is 0.481 e. The van der Waals surface area contributed by atoms with Crippen LogP contribution in [0.5, 0.6) is 5.75 Å². The number of nitrogens with one attached hydrogen (secondary N) is 1. The van der Waals surface area contributed by atoms with Gasteiger partial charge in [0, 0.05) is 18.3 Å². The highest BCUT2D eigenvalue weighted by Crippen LogP contribution is 2.33. The highest BCUT2D eigenvalue weighted by Gasteiger charge is 2.27. The summed E-state index contributed by atoms with van der Waals surface area (Å²) in [4.78, 5) is 25.0. The van der Waals surface area contributed by atoms with E-state index >= 15 is 0 Å². The standard InChI is InChI=1S/C13H17N3O3/c1-2-5-15-12(17)7-16-10-4-3-9(14)6-11(10)19-8-13(16)18/h3-4,6H,2,5,7-8,14H2,1H3,(H,15,17). The topological polar surface area (TPSA) is 84.7 Å². The second-order valence-corrected chi connectivity index (χ2v) is 4.35. The summed E-state index contributed by atoms with van der Waals surface area (Å²) in [5.74, 6) is 0.117. The van der Waals surface area contributed by atoms with Gasteiger partial charge in [0.25, 0.3) is 5.91 Å². The molecule has 1 aliphatic heterocycles. The summed E-state index contributed by atoms with van der Waals surface area (Å²) in [6.07, 6.45) is 0.857. The molecule has 1 aliphatic rings. The van der Waals surface area contributed by atoms with Gasteiger partial charge in [0.1, 0.15) is 12.3 Å². The number of hydrogen-bond acceptors (Lipinski definition) is 4. The third kappa shape index (κ3) is 2.96. The van der Waals surface area contributed by atoms with E-state index in [0.717, 1.165) is 6.42 Å². The molecule has 1 heterocycles. The van der Waals surface area contributed by atoms with Crippen LogP contribution in [0.2, 0.25) is 0 Å². The normalized spacial score (nSPS) is 13.7. The van der Waals surface area contributed by atoms with Crippen molar-refractivity contribution in [3.05, 3.63) is 18.2 Å². The van der Waals surface area contributed by atoms with Gasteiger partial charge < -0.3 is 15.8 Å². The molecule has 1 aromatic rings. The molecule has 0 bridgehead atoms. The lowest BCUT2D eigenvalue weighted by Gasteiger charge is -2.29. The molecule has 0 saturated carbocycles. The smallest absolute Gasteiger partial charge is 0.265 e. The van der Waals surface area contributed by atoms with Gasteiger partial charge in [-0.05, 0) is 18.6 Å². The Morgan fingerprint density at radius 3 is 3.05 bits per heavy atom. The van der Waals surface area contributed by atoms with Crippen molar-refractivity contribution in [2.75, 3.05) is 30.3 Å². The Balaban J connectivity index is 2.16. The van der Waals surface area contributed by atoms with E-state index in [1.165, 1.54) is 4.90 Å². The van der Waals surface area contributed by atoms with Gasteiger partial charge in [-0.25, -0.2) is 0 Å². The molecule has 0 aliphatic carbocycles. The van der Waals surface area contributed by atoms with Gasteiger partial charge in [-0.15, -0.1) is 0 Å². The lowest BCUT2D eigenvalue weighted by molar-refractivity contribution is -0.125. The average Bonchev–Trinajstić information content (AvgIpc) is 2.39. The summed E-state index contributed by atoms with van der Waals surface area (Å²) < 4.78 is 5.31. The molecule has 6 nitrogen and oxygen atoms in total. The van der Waals surface area contributed by atoms with E-state index < -0.39 is 0 Å². The number of hydrogen-bond donors (Lipinski definition) is 2. The first kappa shape index (κ1) is 13.2. The molecule has 6 heteroatoms. The Labute approximate surface area is 111 Å². The Hall–Kier alpha value is -2.24. The number of rotatable bonds is 4. The highest BCUT2D eigenvalue weighted by molar-refractivity contribution is 6.02. The fourth-order valence-corrected chi connectivity index (χ4v) is 1.86. The van der Waals surface area contributed by atoms with Crippen molar-refractivity contribution < 1.29 is 14.3 Å². The molecule has 0 unspecified atom stereocenters. The Kier molecular flexibility index (Phi) is 3.89. The number of fused-ring (bicyclic) bond motifs is 1. The predicted molar refractivity (Wildman–Crippen MR) is 72.0 cm³/mol. The number of ether oxygens (including phenoxy) is 1. The number of carbonyl (C=O) groups excluding carboxylic acids is 2. The van der Waals surface area contributed by atoms with Crippen molar-refractivity contribution in [2.45, 2.75) is 13.3 Å². The Morgan fingerprint density at radius 2 is 2.32 bits per heavy atom. The molecule has 0 saturated heterocycles. The Bertz CT molecular complexity index is 502. The van der Waals surface area contributed by atoms with E-state index in [9.17, 15) is 9.59 Å². The first-order chi connectivity index (χ1) is 9.11. The van der Waals surface area contributed by atoms with Gasteiger partial charge in [0.2, 0.25) is 5.91 Å². The summed E-state index contributed by atoms with van der Waals surface area (Å²) in [5, 5.41) is 2.74. The number of benzene rings is 1. The minimum absolute atomic E-state index is 0.000882. The van der Waals surface area contributed by atoms with E-state index in [0.29, 0.717) is 23.7 Å². The summed E-state index contributed by atoms with van der Waals surface area (Å²) in [6, 6.07) is 5.02. The van der Waals surface area contributed by atoms with Crippen molar-refractivity contribution in [1.82, 2.24) is 5.32 Å². The van der Waals surface area contributed by atoms with Gasteiger partial charge in [-0.1, -0.05) is 6.92 Å². The summed E-state index contributed by atoms with van der Waals surface area (Å²) in [7, 11) is 0. The lowest BCUT2D eigenvalue weighted by atomic mass is 10.2. The minimum Gasteiger partial charge on any atom is -0.481 e. The van der Waals surface area contributed by atoms with Crippen molar-refractivity contribution in [3.8, 4) is 5.75 Å². The monoisotopic (exact) mass is 263 g/mol. The number of carbonyl (C=O) groups is 2. The van der Waals surface area contributed by atoms with E-state index in [1.54, 1.807) is 18.2 Å². The number of nitrogens with zero attached hydrogens (tertiary/aromatic N) is 1. The molecular formula is C13H17N3O3. The van der Waals surface area contributed by atoms with Gasteiger partial charge in [0.15, 0.2) is 6.61 Å². The van der Waals surface area contributed by atoms with E-state index in [4.69, 9.17) is 10.5 Å². The van der Waals surface area contributed by atoms with Crippen LogP contribution in [0.3, 0.4) is 0 Å². The SMILES string of the molecule is CCCNC(=O)CN1C(=O)COc2cc(N)ccc21. The molecule has 0 atom stereocenters. The molecule has 0 aromatic heterocycles.